The predicted molar refractivity (Wildman–Crippen MR) is 79.2 cm³/mol. The van der Waals surface area contributed by atoms with Crippen LogP contribution in [0.3, 0.4) is 0 Å². The second kappa shape index (κ2) is 7.59. The molecule has 116 valence electrons. The molecule has 1 fully saturated rings. The van der Waals surface area contributed by atoms with Crippen LogP contribution >= 0.6 is 0 Å². The number of piperazine rings is 1. The molecule has 2 amide bonds. The lowest BCUT2D eigenvalue weighted by molar-refractivity contribution is -0.146. The van der Waals surface area contributed by atoms with Gasteiger partial charge in [0, 0.05) is 39.8 Å². The third kappa shape index (κ3) is 3.70. The number of carbonyl (C=O) groups is 2. The maximum atomic E-state index is 12.5. The normalized spacial score (nSPS) is 16.1. The van der Waals surface area contributed by atoms with E-state index in [2.05, 4.69) is 5.32 Å². The molecule has 0 aromatic carbocycles. The van der Waals surface area contributed by atoms with Gasteiger partial charge in [-0.1, -0.05) is 13.8 Å². The van der Waals surface area contributed by atoms with E-state index in [0.717, 1.165) is 13.1 Å². The average Bonchev–Trinajstić information content (AvgIpc) is 2.50. The van der Waals surface area contributed by atoms with Crippen LogP contribution in [0.1, 0.15) is 26.7 Å². The summed E-state index contributed by atoms with van der Waals surface area (Å²) in [6, 6.07) is 0. The molecule has 1 aliphatic rings. The fourth-order valence-corrected chi connectivity index (χ4v) is 2.62. The lowest BCUT2D eigenvalue weighted by Gasteiger charge is -2.34. The van der Waals surface area contributed by atoms with Gasteiger partial charge < -0.3 is 20.9 Å². The molecule has 0 bridgehead atoms. The lowest BCUT2D eigenvalue weighted by atomic mass is 9.81. The van der Waals surface area contributed by atoms with Crippen molar-refractivity contribution >= 4 is 11.8 Å². The third-order valence-electron chi connectivity index (χ3n) is 4.39. The van der Waals surface area contributed by atoms with Crippen LogP contribution in [0.15, 0.2) is 0 Å². The molecular weight excluding hydrogens is 256 g/mol. The van der Waals surface area contributed by atoms with Crippen LogP contribution in [0.4, 0.5) is 0 Å². The summed E-state index contributed by atoms with van der Waals surface area (Å²) in [5, 5.41) is 3.21. The van der Waals surface area contributed by atoms with Gasteiger partial charge in [-0.05, 0) is 12.8 Å². The maximum Gasteiger partial charge on any atom is 0.242 e. The van der Waals surface area contributed by atoms with Gasteiger partial charge in [-0.15, -0.1) is 0 Å². The Kier molecular flexibility index (Phi) is 6.42. The molecule has 0 unspecified atom stereocenters. The first-order valence-electron chi connectivity index (χ1n) is 7.45. The molecule has 6 heteroatoms. The first kappa shape index (κ1) is 16.9. The standard InChI is InChI=1S/C14H28N4O2/c1-4-14(5-2,11-15)13(20)17(3)10-12(19)18-8-6-16-7-9-18/h16H,4-11,15H2,1-3H3. The van der Waals surface area contributed by atoms with E-state index in [4.69, 9.17) is 5.73 Å². The van der Waals surface area contributed by atoms with Crippen LogP contribution in [0.2, 0.25) is 0 Å². The Morgan fingerprint density at radius 1 is 1.25 bits per heavy atom. The van der Waals surface area contributed by atoms with Gasteiger partial charge >= 0.3 is 0 Å². The van der Waals surface area contributed by atoms with Crippen LogP contribution in [0, 0.1) is 5.41 Å². The highest BCUT2D eigenvalue weighted by Crippen LogP contribution is 2.27. The Hall–Kier alpha value is -1.14. The van der Waals surface area contributed by atoms with E-state index in [1.54, 1.807) is 7.05 Å². The predicted octanol–water partition coefficient (Wildman–Crippen LogP) is -0.358. The van der Waals surface area contributed by atoms with Crippen molar-refractivity contribution in [1.82, 2.24) is 15.1 Å². The van der Waals surface area contributed by atoms with E-state index in [1.807, 2.05) is 18.7 Å². The van der Waals surface area contributed by atoms with Crippen molar-refractivity contribution in [2.45, 2.75) is 26.7 Å². The number of hydrogen-bond acceptors (Lipinski definition) is 4. The molecule has 0 aromatic rings. The highest BCUT2D eigenvalue weighted by Gasteiger charge is 2.36. The minimum Gasteiger partial charge on any atom is -0.339 e. The zero-order chi connectivity index (χ0) is 15.2. The zero-order valence-electron chi connectivity index (χ0n) is 12.9. The van der Waals surface area contributed by atoms with E-state index in [-0.39, 0.29) is 18.4 Å². The van der Waals surface area contributed by atoms with Crippen molar-refractivity contribution in [3.05, 3.63) is 0 Å². The van der Waals surface area contributed by atoms with Crippen LogP contribution in [-0.2, 0) is 9.59 Å². The van der Waals surface area contributed by atoms with Crippen LogP contribution in [-0.4, -0.2) is 67.9 Å². The smallest absolute Gasteiger partial charge is 0.242 e. The first-order chi connectivity index (χ1) is 9.50. The van der Waals surface area contributed by atoms with Crippen molar-refractivity contribution in [2.24, 2.45) is 11.1 Å². The number of rotatable bonds is 6. The summed E-state index contributed by atoms with van der Waals surface area (Å²) in [4.78, 5) is 28.1. The summed E-state index contributed by atoms with van der Waals surface area (Å²) in [5.41, 5.74) is 5.26. The number of likely N-dealkylation sites (N-methyl/N-ethyl adjacent to an activating group) is 1. The van der Waals surface area contributed by atoms with Crippen molar-refractivity contribution in [3.8, 4) is 0 Å². The summed E-state index contributed by atoms with van der Waals surface area (Å²) in [5.74, 6) is -0.00559. The second-order valence-corrected chi connectivity index (χ2v) is 5.48. The summed E-state index contributed by atoms with van der Waals surface area (Å²) in [6.45, 7) is 7.47. The van der Waals surface area contributed by atoms with Crippen molar-refractivity contribution in [2.75, 3.05) is 46.3 Å². The number of hydrogen-bond donors (Lipinski definition) is 2. The molecule has 20 heavy (non-hydrogen) atoms. The lowest BCUT2D eigenvalue weighted by Crippen LogP contribution is -2.52. The van der Waals surface area contributed by atoms with Crippen LogP contribution in [0.25, 0.3) is 0 Å². The van der Waals surface area contributed by atoms with Crippen LogP contribution < -0.4 is 11.1 Å². The average molecular weight is 284 g/mol. The minimum absolute atomic E-state index is 0.0143. The Bertz CT molecular complexity index is 328. The quantitative estimate of drug-likeness (QED) is 0.698. The Labute approximate surface area is 121 Å². The molecule has 3 N–H and O–H groups in total. The molecule has 0 spiro atoms. The first-order valence-corrected chi connectivity index (χ1v) is 7.45. The van der Waals surface area contributed by atoms with Gasteiger partial charge in [0.1, 0.15) is 0 Å². The fraction of sp³-hybridized carbons (Fsp3) is 0.857. The largest absolute Gasteiger partial charge is 0.339 e. The SMILES string of the molecule is CCC(CC)(CN)C(=O)N(C)CC(=O)N1CCNCC1. The molecule has 1 rings (SSSR count). The second-order valence-electron chi connectivity index (χ2n) is 5.48. The fourth-order valence-electron chi connectivity index (χ4n) is 2.62. The number of amides is 2. The van der Waals surface area contributed by atoms with E-state index >= 15 is 0 Å². The molecule has 6 nitrogen and oxygen atoms in total. The third-order valence-corrected chi connectivity index (χ3v) is 4.39. The van der Waals surface area contributed by atoms with Crippen LogP contribution in [0.5, 0.6) is 0 Å². The van der Waals surface area contributed by atoms with Gasteiger partial charge in [0.05, 0.1) is 12.0 Å². The van der Waals surface area contributed by atoms with E-state index < -0.39 is 5.41 Å². The minimum atomic E-state index is -0.529. The highest BCUT2D eigenvalue weighted by atomic mass is 16.2. The highest BCUT2D eigenvalue weighted by molar-refractivity contribution is 5.88. The van der Waals surface area contributed by atoms with E-state index in [9.17, 15) is 9.59 Å². The van der Waals surface area contributed by atoms with E-state index in [1.165, 1.54) is 4.90 Å². The van der Waals surface area contributed by atoms with Gasteiger partial charge in [0.25, 0.3) is 0 Å². The summed E-state index contributed by atoms with van der Waals surface area (Å²) >= 11 is 0. The maximum absolute atomic E-state index is 12.5. The topological polar surface area (TPSA) is 78.7 Å². The van der Waals surface area contributed by atoms with Gasteiger partial charge in [-0.2, -0.15) is 0 Å². The summed E-state index contributed by atoms with van der Waals surface area (Å²) in [6.07, 6.45) is 1.40. The van der Waals surface area contributed by atoms with E-state index in [0.29, 0.717) is 32.5 Å². The molecule has 1 heterocycles. The molecule has 0 atom stereocenters. The monoisotopic (exact) mass is 284 g/mol. The van der Waals surface area contributed by atoms with Gasteiger partial charge in [-0.3, -0.25) is 9.59 Å². The zero-order valence-corrected chi connectivity index (χ0v) is 12.9. The number of carbonyl (C=O) groups excluding carboxylic acids is 2. The Morgan fingerprint density at radius 2 is 1.80 bits per heavy atom. The van der Waals surface area contributed by atoms with Crippen molar-refractivity contribution < 1.29 is 9.59 Å². The van der Waals surface area contributed by atoms with Gasteiger partial charge in [-0.25, -0.2) is 0 Å². The molecular formula is C14H28N4O2. The molecule has 0 radical (unpaired) electrons. The molecule has 1 saturated heterocycles. The Balaban J connectivity index is 2.62. The van der Waals surface area contributed by atoms with Crippen molar-refractivity contribution in [1.29, 1.82) is 0 Å². The summed E-state index contributed by atoms with van der Waals surface area (Å²) < 4.78 is 0. The number of nitrogens with two attached hydrogens (primary N) is 1. The Morgan fingerprint density at radius 3 is 2.25 bits per heavy atom. The van der Waals surface area contributed by atoms with Gasteiger partial charge in [0.2, 0.25) is 11.8 Å². The summed E-state index contributed by atoms with van der Waals surface area (Å²) in [7, 11) is 1.69. The number of nitrogens with zero attached hydrogens (tertiary/aromatic N) is 2. The molecule has 0 aliphatic carbocycles. The molecule has 1 aliphatic heterocycles. The van der Waals surface area contributed by atoms with Gasteiger partial charge in [0.15, 0.2) is 0 Å². The van der Waals surface area contributed by atoms with Crippen molar-refractivity contribution in [3.63, 3.8) is 0 Å². The molecule has 0 aromatic heterocycles. The molecule has 0 saturated carbocycles. The number of nitrogens with one attached hydrogen (secondary N) is 1.